The minimum Gasteiger partial charge on any atom is -0.451 e. The normalized spacial score (nSPS) is 16.4. The number of carbonyl (C=O) groups is 1. The first kappa shape index (κ1) is 22.1. The number of ether oxygens (including phenoxy) is 1. The van der Waals surface area contributed by atoms with Crippen LogP contribution in [0.25, 0.3) is 0 Å². The van der Waals surface area contributed by atoms with Crippen LogP contribution in [0.3, 0.4) is 0 Å². The number of sulfonamides is 1. The monoisotopic (exact) mass is 454 g/mol. The van der Waals surface area contributed by atoms with E-state index in [4.69, 9.17) is 4.74 Å². The lowest BCUT2D eigenvalue weighted by Gasteiger charge is -2.31. The number of rotatable bonds is 6. The van der Waals surface area contributed by atoms with Gasteiger partial charge in [0.05, 0.1) is 11.6 Å². The molecule has 0 radical (unpaired) electrons. The minimum absolute atomic E-state index is 0.121. The molecule has 4 rings (SSSR count). The van der Waals surface area contributed by atoms with E-state index in [1.165, 1.54) is 22.5 Å². The highest BCUT2D eigenvalue weighted by Gasteiger charge is 2.35. The number of esters is 1. The summed E-state index contributed by atoms with van der Waals surface area (Å²) in [4.78, 5) is 17.0. The summed E-state index contributed by atoms with van der Waals surface area (Å²) in [5.41, 5.74) is 1.42. The van der Waals surface area contributed by atoms with Crippen LogP contribution in [0.4, 0.5) is 4.39 Å². The van der Waals surface area contributed by atoms with E-state index in [2.05, 4.69) is 4.98 Å². The summed E-state index contributed by atoms with van der Waals surface area (Å²) in [5, 5.41) is 0. The number of carbonyl (C=O) groups excluding carboxylic acids is 1. The zero-order chi connectivity index (χ0) is 22.6. The predicted octanol–water partition coefficient (Wildman–Crippen LogP) is 3.95. The highest BCUT2D eigenvalue weighted by Crippen LogP contribution is 2.30. The smallest absolute Gasteiger partial charge is 0.310 e. The molecule has 0 amide bonds. The van der Waals surface area contributed by atoms with E-state index in [0.717, 1.165) is 11.6 Å². The summed E-state index contributed by atoms with van der Waals surface area (Å²) in [6, 6.07) is 20.1. The van der Waals surface area contributed by atoms with Crippen molar-refractivity contribution in [2.75, 3.05) is 13.1 Å². The van der Waals surface area contributed by atoms with Crippen LogP contribution in [0.2, 0.25) is 0 Å². The summed E-state index contributed by atoms with van der Waals surface area (Å²) < 4.78 is 46.7. The zero-order valence-electron chi connectivity index (χ0n) is 17.3. The molecule has 166 valence electrons. The average Bonchev–Trinajstić information content (AvgIpc) is 2.84. The van der Waals surface area contributed by atoms with Gasteiger partial charge in [0, 0.05) is 19.3 Å². The predicted molar refractivity (Wildman–Crippen MR) is 116 cm³/mol. The van der Waals surface area contributed by atoms with E-state index in [-0.39, 0.29) is 18.0 Å². The second-order valence-electron chi connectivity index (χ2n) is 7.59. The van der Waals surface area contributed by atoms with Crippen LogP contribution in [-0.2, 0) is 19.6 Å². The Morgan fingerprint density at radius 2 is 1.62 bits per heavy atom. The summed E-state index contributed by atoms with van der Waals surface area (Å²) in [7, 11) is -3.95. The third-order valence-electron chi connectivity index (χ3n) is 5.53. The quantitative estimate of drug-likeness (QED) is 0.527. The molecule has 1 atom stereocenters. The van der Waals surface area contributed by atoms with Crippen molar-refractivity contribution >= 4 is 16.0 Å². The Kier molecular flexibility index (Phi) is 6.62. The van der Waals surface area contributed by atoms with Gasteiger partial charge >= 0.3 is 5.97 Å². The Bertz CT molecular complexity index is 1130. The average molecular weight is 455 g/mol. The molecule has 1 aliphatic heterocycles. The van der Waals surface area contributed by atoms with E-state index in [1.54, 1.807) is 18.3 Å². The van der Waals surface area contributed by atoms with Gasteiger partial charge in [-0.05, 0) is 42.7 Å². The largest absolute Gasteiger partial charge is 0.451 e. The van der Waals surface area contributed by atoms with Gasteiger partial charge in [0.25, 0.3) is 0 Å². The zero-order valence-corrected chi connectivity index (χ0v) is 18.1. The van der Waals surface area contributed by atoms with Crippen molar-refractivity contribution in [1.29, 1.82) is 0 Å². The van der Waals surface area contributed by atoms with Crippen molar-refractivity contribution in [3.05, 3.63) is 96.1 Å². The van der Waals surface area contributed by atoms with Crippen LogP contribution in [0.15, 0.2) is 83.9 Å². The molecule has 32 heavy (non-hydrogen) atoms. The molecule has 8 heteroatoms. The molecule has 6 nitrogen and oxygen atoms in total. The number of piperidine rings is 1. The van der Waals surface area contributed by atoms with Crippen molar-refractivity contribution < 1.29 is 22.3 Å². The second-order valence-corrected chi connectivity index (χ2v) is 9.50. The fourth-order valence-corrected chi connectivity index (χ4v) is 5.33. The van der Waals surface area contributed by atoms with Gasteiger partial charge in [-0.2, -0.15) is 4.31 Å². The number of pyridine rings is 1. The Labute approximate surface area is 186 Å². The number of aromatic nitrogens is 1. The lowest BCUT2D eigenvalue weighted by atomic mass is 9.98. The standard InChI is InChI=1S/C24H23FN2O4S/c25-20-10-4-5-12-22(20)32(29,30)27-16-13-19(14-17-27)24(28)31-23(18-8-2-1-3-9-18)21-11-6-7-15-26-21/h1-12,15,19,23H,13-14,16-17H2. The van der Waals surface area contributed by atoms with Crippen LogP contribution < -0.4 is 0 Å². The van der Waals surface area contributed by atoms with E-state index < -0.39 is 33.8 Å². The van der Waals surface area contributed by atoms with Crippen LogP contribution in [0.1, 0.15) is 30.2 Å². The highest BCUT2D eigenvalue weighted by molar-refractivity contribution is 7.89. The third kappa shape index (κ3) is 4.71. The molecule has 1 saturated heterocycles. The molecule has 1 unspecified atom stereocenters. The van der Waals surface area contributed by atoms with Gasteiger partial charge in [-0.15, -0.1) is 0 Å². The first-order valence-corrected chi connectivity index (χ1v) is 11.8. The molecule has 0 N–H and O–H groups in total. The van der Waals surface area contributed by atoms with Crippen molar-refractivity contribution in [3.63, 3.8) is 0 Å². The van der Waals surface area contributed by atoms with Gasteiger partial charge in [-0.3, -0.25) is 9.78 Å². The fraction of sp³-hybridized carbons (Fsp3) is 0.250. The summed E-state index contributed by atoms with van der Waals surface area (Å²) in [6.07, 6.45) is 1.60. The lowest BCUT2D eigenvalue weighted by Crippen LogP contribution is -2.41. The molecular formula is C24H23FN2O4S. The number of benzene rings is 2. The minimum atomic E-state index is -3.95. The van der Waals surface area contributed by atoms with E-state index in [0.29, 0.717) is 18.5 Å². The second kappa shape index (κ2) is 9.58. The lowest BCUT2D eigenvalue weighted by molar-refractivity contribution is -0.154. The Morgan fingerprint density at radius 1 is 0.969 bits per heavy atom. The van der Waals surface area contributed by atoms with Gasteiger partial charge < -0.3 is 4.74 Å². The van der Waals surface area contributed by atoms with Crippen molar-refractivity contribution in [2.45, 2.75) is 23.8 Å². The molecule has 3 aromatic rings. The van der Waals surface area contributed by atoms with Crippen LogP contribution in [0.5, 0.6) is 0 Å². The first-order valence-electron chi connectivity index (χ1n) is 10.4. The van der Waals surface area contributed by atoms with Crippen LogP contribution in [0, 0.1) is 11.7 Å². The third-order valence-corrected chi connectivity index (χ3v) is 7.47. The fourth-order valence-electron chi connectivity index (χ4n) is 3.80. The van der Waals surface area contributed by atoms with Gasteiger partial charge in [-0.1, -0.05) is 48.5 Å². The molecule has 0 saturated carbocycles. The maximum absolute atomic E-state index is 14.0. The topological polar surface area (TPSA) is 76.6 Å². The van der Waals surface area contributed by atoms with Crippen molar-refractivity contribution in [3.8, 4) is 0 Å². The van der Waals surface area contributed by atoms with E-state index >= 15 is 0 Å². The van der Waals surface area contributed by atoms with Gasteiger partial charge in [0.1, 0.15) is 10.7 Å². The Hall–Kier alpha value is -3.10. The Balaban J connectivity index is 1.45. The number of halogens is 1. The van der Waals surface area contributed by atoms with Gasteiger partial charge in [-0.25, -0.2) is 12.8 Å². The maximum atomic E-state index is 14.0. The highest BCUT2D eigenvalue weighted by atomic mass is 32.2. The maximum Gasteiger partial charge on any atom is 0.310 e. The molecule has 1 aliphatic rings. The van der Waals surface area contributed by atoms with Crippen molar-refractivity contribution in [2.24, 2.45) is 5.92 Å². The number of nitrogens with zero attached hydrogens (tertiary/aromatic N) is 2. The molecule has 0 aliphatic carbocycles. The molecule has 2 heterocycles. The van der Waals surface area contributed by atoms with Crippen LogP contribution in [-0.4, -0.2) is 36.8 Å². The SMILES string of the molecule is O=C(OC(c1ccccc1)c1ccccn1)C1CCN(S(=O)(=O)c2ccccc2F)CC1. The summed E-state index contributed by atoms with van der Waals surface area (Å²) >= 11 is 0. The van der Waals surface area contributed by atoms with E-state index in [1.807, 2.05) is 36.4 Å². The number of hydrogen-bond acceptors (Lipinski definition) is 5. The summed E-state index contributed by atoms with van der Waals surface area (Å²) in [6.45, 7) is 0.242. The molecule has 2 aromatic carbocycles. The van der Waals surface area contributed by atoms with Gasteiger partial charge in [0.15, 0.2) is 6.10 Å². The first-order chi connectivity index (χ1) is 15.5. The number of hydrogen-bond donors (Lipinski definition) is 0. The van der Waals surface area contributed by atoms with E-state index in [9.17, 15) is 17.6 Å². The summed E-state index contributed by atoms with van der Waals surface area (Å²) in [5.74, 6) is -1.63. The van der Waals surface area contributed by atoms with Crippen LogP contribution >= 0.6 is 0 Å². The molecule has 0 bridgehead atoms. The molecule has 0 spiro atoms. The molecule has 1 aromatic heterocycles. The molecular weight excluding hydrogens is 431 g/mol. The van der Waals surface area contributed by atoms with Gasteiger partial charge in [0.2, 0.25) is 10.0 Å². The molecule has 1 fully saturated rings. The Morgan fingerprint density at radius 3 is 2.28 bits per heavy atom. The van der Waals surface area contributed by atoms with Crippen molar-refractivity contribution in [1.82, 2.24) is 9.29 Å².